The van der Waals surface area contributed by atoms with E-state index in [9.17, 15) is 4.79 Å². The third kappa shape index (κ3) is 3.35. The monoisotopic (exact) mass is 460 g/mol. The number of rotatable bonds is 4. The Morgan fingerprint density at radius 1 is 1.26 bits per heavy atom. The standard InChI is InChI=1S/C22H22Cl2N4O3/c1-12-18-15-3-4-16(23)19(24)20(15)28(9-13-10-31-11-13)17(18)5-6-27(12)22(29)21-25-7-14(30-2)8-26-21/h3-4,7-8,12-13H,5-6,9-11H2,1-2H3/t12-/m0/s1. The summed E-state index contributed by atoms with van der Waals surface area (Å²) < 4.78 is 12.8. The highest BCUT2D eigenvalue weighted by molar-refractivity contribution is 6.45. The molecule has 31 heavy (non-hydrogen) atoms. The van der Waals surface area contributed by atoms with Crippen LogP contribution in [0.15, 0.2) is 24.5 Å². The number of nitrogens with zero attached hydrogens (tertiary/aromatic N) is 4. The fraction of sp³-hybridized carbons (Fsp3) is 0.409. The van der Waals surface area contributed by atoms with Crippen LogP contribution in [-0.2, 0) is 17.7 Å². The molecule has 1 atom stereocenters. The SMILES string of the molecule is COc1cnc(C(=O)N2CCc3c(c4ccc(Cl)c(Cl)c4n3CC3COC3)[C@@H]2C)nc1. The van der Waals surface area contributed by atoms with E-state index >= 15 is 0 Å². The second-order valence-corrected chi connectivity index (χ2v) is 8.79. The summed E-state index contributed by atoms with van der Waals surface area (Å²) in [4.78, 5) is 23.4. The summed E-state index contributed by atoms with van der Waals surface area (Å²) in [6.07, 6.45) is 3.74. The fourth-order valence-corrected chi connectivity index (χ4v) is 4.98. The van der Waals surface area contributed by atoms with E-state index in [2.05, 4.69) is 14.5 Å². The van der Waals surface area contributed by atoms with Crippen molar-refractivity contribution in [1.29, 1.82) is 0 Å². The minimum absolute atomic E-state index is 0.152. The molecule has 1 saturated heterocycles. The molecule has 5 rings (SSSR count). The second-order valence-electron chi connectivity index (χ2n) is 8.00. The number of methoxy groups -OCH3 is 1. The molecule has 3 aromatic rings. The molecular weight excluding hydrogens is 439 g/mol. The van der Waals surface area contributed by atoms with Crippen LogP contribution in [0.4, 0.5) is 0 Å². The number of ether oxygens (including phenoxy) is 2. The molecule has 2 aromatic heterocycles. The van der Waals surface area contributed by atoms with E-state index in [0.717, 1.165) is 42.6 Å². The highest BCUT2D eigenvalue weighted by atomic mass is 35.5. The molecule has 4 heterocycles. The predicted molar refractivity (Wildman–Crippen MR) is 118 cm³/mol. The average Bonchev–Trinajstić information content (AvgIpc) is 3.08. The van der Waals surface area contributed by atoms with Gasteiger partial charge in [0.05, 0.1) is 54.3 Å². The number of fused-ring (bicyclic) bond motifs is 3. The van der Waals surface area contributed by atoms with E-state index in [4.69, 9.17) is 32.7 Å². The van der Waals surface area contributed by atoms with Crippen LogP contribution in [0, 0.1) is 5.92 Å². The molecule has 1 amide bonds. The molecule has 0 bridgehead atoms. The van der Waals surface area contributed by atoms with Gasteiger partial charge >= 0.3 is 0 Å². The lowest BCUT2D eigenvalue weighted by molar-refractivity contribution is -0.0392. The molecule has 0 radical (unpaired) electrons. The van der Waals surface area contributed by atoms with Crippen molar-refractivity contribution in [3.8, 4) is 5.75 Å². The number of amides is 1. The van der Waals surface area contributed by atoms with Crippen LogP contribution in [-0.4, -0.2) is 52.2 Å². The van der Waals surface area contributed by atoms with Crippen LogP contribution in [0.25, 0.3) is 10.9 Å². The van der Waals surface area contributed by atoms with Gasteiger partial charge in [-0.2, -0.15) is 0 Å². The van der Waals surface area contributed by atoms with Gasteiger partial charge in [0, 0.05) is 42.1 Å². The van der Waals surface area contributed by atoms with Gasteiger partial charge in [-0.15, -0.1) is 0 Å². The predicted octanol–water partition coefficient (Wildman–Crippen LogP) is 4.15. The maximum absolute atomic E-state index is 13.2. The van der Waals surface area contributed by atoms with Crippen LogP contribution < -0.4 is 4.74 Å². The minimum Gasteiger partial charge on any atom is -0.494 e. The van der Waals surface area contributed by atoms with Crippen LogP contribution >= 0.6 is 23.2 Å². The minimum atomic E-state index is -0.200. The number of benzene rings is 1. The van der Waals surface area contributed by atoms with E-state index in [1.165, 1.54) is 25.2 Å². The Kier molecular flexibility index (Phi) is 5.28. The lowest BCUT2D eigenvalue weighted by atomic mass is 9.96. The molecule has 7 nitrogen and oxygen atoms in total. The lowest BCUT2D eigenvalue weighted by Gasteiger charge is -2.35. The van der Waals surface area contributed by atoms with Gasteiger partial charge in [-0.1, -0.05) is 29.3 Å². The van der Waals surface area contributed by atoms with E-state index < -0.39 is 0 Å². The van der Waals surface area contributed by atoms with Gasteiger partial charge in [0.2, 0.25) is 5.82 Å². The third-order valence-corrected chi connectivity index (χ3v) is 7.00. The molecule has 1 fully saturated rings. The topological polar surface area (TPSA) is 69.5 Å². The number of carbonyl (C=O) groups excluding carboxylic acids is 1. The van der Waals surface area contributed by atoms with Crippen molar-refractivity contribution in [1.82, 2.24) is 19.4 Å². The molecule has 9 heteroatoms. The van der Waals surface area contributed by atoms with E-state index in [1.54, 1.807) is 0 Å². The van der Waals surface area contributed by atoms with Crippen molar-refractivity contribution < 1.29 is 14.3 Å². The number of carbonyl (C=O) groups is 1. The first kappa shape index (κ1) is 20.5. The lowest BCUT2D eigenvalue weighted by Crippen LogP contribution is -2.40. The second kappa shape index (κ2) is 7.97. The van der Waals surface area contributed by atoms with Crippen LogP contribution in [0.3, 0.4) is 0 Å². The first-order chi connectivity index (χ1) is 15.0. The summed E-state index contributed by atoms with van der Waals surface area (Å²) >= 11 is 13.0. The molecule has 2 aliphatic heterocycles. The van der Waals surface area contributed by atoms with Gasteiger partial charge in [0.1, 0.15) is 0 Å². The Labute approximate surface area is 189 Å². The van der Waals surface area contributed by atoms with Crippen molar-refractivity contribution >= 4 is 40.0 Å². The smallest absolute Gasteiger partial charge is 0.292 e. The van der Waals surface area contributed by atoms with Crippen molar-refractivity contribution in [2.24, 2.45) is 5.92 Å². The molecular formula is C22H22Cl2N4O3. The Morgan fingerprint density at radius 2 is 2.00 bits per heavy atom. The Morgan fingerprint density at radius 3 is 2.65 bits per heavy atom. The van der Waals surface area contributed by atoms with Crippen LogP contribution in [0.1, 0.15) is 34.8 Å². The summed E-state index contributed by atoms with van der Waals surface area (Å²) in [7, 11) is 1.54. The Balaban J connectivity index is 1.56. The van der Waals surface area contributed by atoms with Gasteiger partial charge in [0.15, 0.2) is 5.75 Å². The van der Waals surface area contributed by atoms with E-state index in [0.29, 0.717) is 28.3 Å². The molecule has 0 saturated carbocycles. The highest BCUT2D eigenvalue weighted by Gasteiger charge is 2.35. The van der Waals surface area contributed by atoms with Crippen molar-refractivity contribution in [3.05, 3.63) is 51.7 Å². The number of halogens is 2. The zero-order chi connectivity index (χ0) is 21.7. The van der Waals surface area contributed by atoms with Crippen LogP contribution in [0.5, 0.6) is 5.75 Å². The Hall–Kier alpha value is -2.35. The average molecular weight is 461 g/mol. The first-order valence-electron chi connectivity index (χ1n) is 10.2. The quantitative estimate of drug-likeness (QED) is 0.584. The highest BCUT2D eigenvalue weighted by Crippen LogP contribution is 2.43. The first-order valence-corrected chi connectivity index (χ1v) is 11.0. The fourth-order valence-electron chi connectivity index (χ4n) is 4.56. The molecule has 2 aliphatic rings. The van der Waals surface area contributed by atoms with Gasteiger partial charge in [-0.25, -0.2) is 9.97 Å². The zero-order valence-electron chi connectivity index (χ0n) is 17.3. The maximum Gasteiger partial charge on any atom is 0.292 e. The summed E-state index contributed by atoms with van der Waals surface area (Å²) in [6, 6.07) is 3.68. The summed E-state index contributed by atoms with van der Waals surface area (Å²) in [5.41, 5.74) is 3.26. The number of hydrogen-bond acceptors (Lipinski definition) is 5. The summed E-state index contributed by atoms with van der Waals surface area (Å²) in [5.74, 6) is 0.930. The van der Waals surface area contributed by atoms with Gasteiger partial charge in [-0.3, -0.25) is 4.79 Å². The third-order valence-electron chi connectivity index (χ3n) is 6.20. The van der Waals surface area contributed by atoms with Gasteiger partial charge in [0.25, 0.3) is 5.91 Å². The van der Waals surface area contributed by atoms with Crippen molar-refractivity contribution in [2.75, 3.05) is 26.9 Å². The normalized spacial score (nSPS) is 18.7. The number of hydrogen-bond donors (Lipinski definition) is 0. The summed E-state index contributed by atoms with van der Waals surface area (Å²) in [6.45, 7) is 4.95. The van der Waals surface area contributed by atoms with E-state index in [-0.39, 0.29) is 17.8 Å². The molecule has 0 aliphatic carbocycles. The van der Waals surface area contributed by atoms with Crippen LogP contribution in [0.2, 0.25) is 10.0 Å². The number of aromatic nitrogens is 3. The molecule has 0 unspecified atom stereocenters. The molecule has 0 spiro atoms. The van der Waals surface area contributed by atoms with Crippen molar-refractivity contribution in [2.45, 2.75) is 25.9 Å². The van der Waals surface area contributed by atoms with Gasteiger partial charge < -0.3 is 18.9 Å². The van der Waals surface area contributed by atoms with Crippen molar-refractivity contribution in [3.63, 3.8) is 0 Å². The zero-order valence-corrected chi connectivity index (χ0v) is 18.8. The Bertz CT molecular complexity index is 1160. The largest absolute Gasteiger partial charge is 0.494 e. The van der Waals surface area contributed by atoms with E-state index in [1.807, 2.05) is 24.0 Å². The van der Waals surface area contributed by atoms with Gasteiger partial charge in [-0.05, 0) is 13.0 Å². The molecule has 0 N–H and O–H groups in total. The molecule has 1 aromatic carbocycles. The molecule has 162 valence electrons. The maximum atomic E-state index is 13.2. The summed E-state index contributed by atoms with van der Waals surface area (Å²) in [5, 5.41) is 2.12.